The summed E-state index contributed by atoms with van der Waals surface area (Å²) < 4.78 is 0. The van der Waals surface area contributed by atoms with Crippen LogP contribution in [-0.4, -0.2) is 52.8 Å². The fourth-order valence-corrected chi connectivity index (χ4v) is 3.58. The molecule has 116 valence electrons. The Morgan fingerprint density at radius 3 is 2.23 bits per heavy atom. The average Bonchev–Trinajstić information content (AvgIpc) is 3.17. The third-order valence-electron chi connectivity index (χ3n) is 4.06. The lowest BCUT2D eigenvalue weighted by Crippen LogP contribution is -2.50. The highest BCUT2D eigenvalue weighted by Crippen LogP contribution is 2.22. The molecule has 0 spiro atoms. The molecule has 1 N–H and O–H groups in total. The molecule has 1 aliphatic rings. The lowest BCUT2D eigenvalue weighted by Gasteiger charge is -2.34. The van der Waals surface area contributed by atoms with E-state index in [4.69, 9.17) is 0 Å². The summed E-state index contributed by atoms with van der Waals surface area (Å²) in [6, 6.07) is 5.55. The van der Waals surface area contributed by atoms with Crippen molar-refractivity contribution in [3.05, 3.63) is 45.4 Å². The van der Waals surface area contributed by atoms with Crippen molar-refractivity contribution in [3.63, 3.8) is 0 Å². The van der Waals surface area contributed by atoms with Crippen molar-refractivity contribution in [2.45, 2.75) is 13.8 Å². The number of carbonyl (C=O) groups excluding carboxylic acids is 2. The fraction of sp³-hybridized carbons (Fsp3) is 0.375. The van der Waals surface area contributed by atoms with Crippen molar-refractivity contribution in [1.29, 1.82) is 0 Å². The molecule has 0 saturated carbocycles. The number of aryl methyl sites for hydroxylation is 2. The Hall–Kier alpha value is -2.08. The van der Waals surface area contributed by atoms with E-state index in [0.717, 1.165) is 10.4 Å². The van der Waals surface area contributed by atoms with E-state index in [1.165, 1.54) is 4.88 Å². The Kier molecular flexibility index (Phi) is 4.02. The Balaban J connectivity index is 1.62. The molecular weight excluding hydrogens is 298 g/mol. The van der Waals surface area contributed by atoms with Crippen LogP contribution in [0.4, 0.5) is 0 Å². The van der Waals surface area contributed by atoms with Crippen molar-refractivity contribution in [1.82, 2.24) is 14.8 Å². The van der Waals surface area contributed by atoms with E-state index in [1.54, 1.807) is 28.5 Å². The number of carbonyl (C=O) groups is 2. The Labute approximate surface area is 133 Å². The lowest BCUT2D eigenvalue weighted by atomic mass is 10.2. The zero-order valence-corrected chi connectivity index (χ0v) is 13.6. The largest absolute Gasteiger partial charge is 0.357 e. The summed E-state index contributed by atoms with van der Waals surface area (Å²) in [5.74, 6) is 0.0769. The second kappa shape index (κ2) is 5.96. The van der Waals surface area contributed by atoms with Crippen LogP contribution in [0.15, 0.2) is 24.4 Å². The second-order valence-electron chi connectivity index (χ2n) is 5.52. The smallest absolute Gasteiger partial charge is 0.270 e. The van der Waals surface area contributed by atoms with E-state index in [0.29, 0.717) is 31.9 Å². The van der Waals surface area contributed by atoms with Crippen LogP contribution in [0.1, 0.15) is 30.6 Å². The molecule has 3 rings (SSSR count). The van der Waals surface area contributed by atoms with Crippen molar-refractivity contribution in [2.24, 2.45) is 0 Å². The van der Waals surface area contributed by atoms with Crippen LogP contribution in [0.5, 0.6) is 0 Å². The normalized spacial score (nSPS) is 15.2. The average molecular weight is 317 g/mol. The summed E-state index contributed by atoms with van der Waals surface area (Å²) in [6.45, 7) is 6.38. The molecular formula is C16H19N3O2S. The Morgan fingerprint density at radius 1 is 1.09 bits per heavy atom. The van der Waals surface area contributed by atoms with Crippen LogP contribution < -0.4 is 0 Å². The molecule has 0 atom stereocenters. The van der Waals surface area contributed by atoms with Crippen LogP contribution in [-0.2, 0) is 0 Å². The van der Waals surface area contributed by atoms with E-state index >= 15 is 0 Å². The predicted molar refractivity (Wildman–Crippen MR) is 86.4 cm³/mol. The minimum Gasteiger partial charge on any atom is -0.357 e. The topological polar surface area (TPSA) is 56.4 Å². The summed E-state index contributed by atoms with van der Waals surface area (Å²) in [7, 11) is 0. The van der Waals surface area contributed by atoms with Crippen LogP contribution in [0, 0.1) is 13.8 Å². The fourth-order valence-electron chi connectivity index (χ4n) is 2.58. The number of hydrogen-bond donors (Lipinski definition) is 1. The summed E-state index contributed by atoms with van der Waals surface area (Å²) in [4.78, 5) is 33.3. The highest BCUT2D eigenvalue weighted by atomic mass is 32.1. The first-order valence-corrected chi connectivity index (χ1v) is 8.17. The molecule has 0 aliphatic carbocycles. The molecule has 2 amide bonds. The van der Waals surface area contributed by atoms with Crippen LogP contribution in [0.25, 0.3) is 0 Å². The minimum absolute atomic E-state index is 0.0000820. The van der Waals surface area contributed by atoms with E-state index < -0.39 is 0 Å². The van der Waals surface area contributed by atoms with Gasteiger partial charge in [0.15, 0.2) is 0 Å². The molecule has 0 aromatic carbocycles. The maximum absolute atomic E-state index is 12.5. The van der Waals surface area contributed by atoms with Gasteiger partial charge >= 0.3 is 0 Å². The van der Waals surface area contributed by atoms with Gasteiger partial charge in [-0.05, 0) is 37.6 Å². The summed E-state index contributed by atoms with van der Waals surface area (Å²) in [6.07, 6.45) is 1.74. The first-order valence-electron chi connectivity index (χ1n) is 7.35. The van der Waals surface area contributed by atoms with Gasteiger partial charge in [-0.3, -0.25) is 9.59 Å². The molecule has 0 bridgehead atoms. The monoisotopic (exact) mass is 317 g/mol. The summed E-state index contributed by atoms with van der Waals surface area (Å²) in [5.41, 5.74) is 1.76. The highest BCUT2D eigenvalue weighted by molar-refractivity contribution is 7.14. The maximum Gasteiger partial charge on any atom is 0.270 e. The Morgan fingerprint density at radius 2 is 1.73 bits per heavy atom. The van der Waals surface area contributed by atoms with Gasteiger partial charge in [-0.1, -0.05) is 0 Å². The number of rotatable bonds is 2. The van der Waals surface area contributed by atoms with Crippen molar-refractivity contribution in [3.8, 4) is 0 Å². The third-order valence-corrected chi connectivity index (χ3v) is 5.20. The zero-order chi connectivity index (χ0) is 15.7. The highest BCUT2D eigenvalue weighted by Gasteiger charge is 2.26. The number of aromatic amines is 1. The van der Waals surface area contributed by atoms with Crippen molar-refractivity contribution in [2.75, 3.05) is 26.2 Å². The van der Waals surface area contributed by atoms with Crippen LogP contribution >= 0.6 is 11.3 Å². The number of amides is 2. The molecule has 1 saturated heterocycles. The minimum atomic E-state index is -0.0000820. The van der Waals surface area contributed by atoms with E-state index in [1.807, 2.05) is 30.9 Å². The number of aromatic nitrogens is 1. The van der Waals surface area contributed by atoms with Gasteiger partial charge in [0, 0.05) is 37.3 Å². The summed E-state index contributed by atoms with van der Waals surface area (Å²) >= 11 is 1.54. The number of piperazine rings is 1. The van der Waals surface area contributed by atoms with Gasteiger partial charge in [0.05, 0.1) is 4.88 Å². The van der Waals surface area contributed by atoms with E-state index in [-0.39, 0.29) is 11.8 Å². The Bertz CT molecular complexity index is 663. The molecule has 1 aliphatic heterocycles. The van der Waals surface area contributed by atoms with Gasteiger partial charge in [-0.25, -0.2) is 0 Å². The molecule has 0 radical (unpaired) electrons. The van der Waals surface area contributed by atoms with Crippen molar-refractivity contribution < 1.29 is 9.59 Å². The zero-order valence-electron chi connectivity index (χ0n) is 12.8. The number of nitrogens with one attached hydrogen (secondary N) is 1. The van der Waals surface area contributed by atoms with Crippen LogP contribution in [0.3, 0.4) is 0 Å². The number of hydrogen-bond acceptors (Lipinski definition) is 3. The number of H-pyrrole nitrogens is 1. The molecule has 2 aromatic rings. The third kappa shape index (κ3) is 2.78. The quantitative estimate of drug-likeness (QED) is 0.924. The standard InChI is InChI=1S/C16H19N3O2S/c1-11-10-14(22-12(11)2)16(21)19-8-6-18(7-9-19)15(20)13-4-3-5-17-13/h3-5,10,17H,6-9H2,1-2H3. The van der Waals surface area contributed by atoms with Crippen LogP contribution in [0.2, 0.25) is 0 Å². The SMILES string of the molecule is Cc1cc(C(=O)N2CCN(C(=O)c3ccc[nH]3)CC2)sc1C. The first kappa shape index (κ1) is 14.8. The first-order chi connectivity index (χ1) is 10.6. The molecule has 6 heteroatoms. The van der Waals surface area contributed by atoms with Gasteiger partial charge in [-0.2, -0.15) is 0 Å². The molecule has 22 heavy (non-hydrogen) atoms. The molecule has 5 nitrogen and oxygen atoms in total. The summed E-state index contributed by atoms with van der Waals surface area (Å²) in [5, 5.41) is 0. The maximum atomic E-state index is 12.5. The van der Waals surface area contributed by atoms with Gasteiger partial charge in [-0.15, -0.1) is 11.3 Å². The molecule has 2 aromatic heterocycles. The van der Waals surface area contributed by atoms with Gasteiger partial charge in [0.2, 0.25) is 0 Å². The molecule has 3 heterocycles. The van der Waals surface area contributed by atoms with Gasteiger partial charge in [0.1, 0.15) is 5.69 Å². The van der Waals surface area contributed by atoms with E-state index in [9.17, 15) is 9.59 Å². The lowest BCUT2D eigenvalue weighted by molar-refractivity contribution is 0.0535. The van der Waals surface area contributed by atoms with E-state index in [2.05, 4.69) is 4.98 Å². The predicted octanol–water partition coefficient (Wildman–Crippen LogP) is 2.29. The molecule has 0 unspecified atom stereocenters. The number of nitrogens with zero attached hydrogens (tertiary/aromatic N) is 2. The molecule has 1 fully saturated rings. The van der Waals surface area contributed by atoms with Gasteiger partial charge < -0.3 is 14.8 Å². The van der Waals surface area contributed by atoms with Crippen molar-refractivity contribution >= 4 is 23.2 Å². The second-order valence-corrected chi connectivity index (χ2v) is 6.77. The number of thiophene rings is 1. The van der Waals surface area contributed by atoms with Gasteiger partial charge in [0.25, 0.3) is 11.8 Å².